The minimum atomic E-state index is 0.734. The summed E-state index contributed by atoms with van der Waals surface area (Å²) < 4.78 is 4.99. The van der Waals surface area contributed by atoms with Gasteiger partial charge in [0.1, 0.15) is 0 Å². The van der Waals surface area contributed by atoms with E-state index in [1.54, 1.807) is 14.2 Å². The number of guanidine groups is 1. The molecule has 0 rings (SSSR count). The van der Waals surface area contributed by atoms with Gasteiger partial charge in [-0.2, -0.15) is 0 Å². The van der Waals surface area contributed by atoms with E-state index in [2.05, 4.69) is 29.5 Å². The number of aliphatic imine (C=N–C) groups is 1. The Bertz CT molecular complexity index is 179. The zero-order valence-electron chi connectivity index (χ0n) is 11.2. The Morgan fingerprint density at radius 3 is 2.44 bits per heavy atom. The molecule has 0 radical (unpaired) electrons. The van der Waals surface area contributed by atoms with Gasteiger partial charge in [-0.3, -0.25) is 4.99 Å². The lowest BCUT2D eigenvalue weighted by Gasteiger charge is -2.16. The molecule has 2 N–H and O–H groups in total. The Morgan fingerprint density at radius 1 is 1.25 bits per heavy atom. The Hall–Kier alpha value is -0.770. The van der Waals surface area contributed by atoms with Gasteiger partial charge in [0.15, 0.2) is 5.96 Å². The molecule has 0 saturated heterocycles. The lowest BCUT2D eigenvalue weighted by molar-refractivity contribution is 0.195. The topological polar surface area (TPSA) is 45.7 Å². The van der Waals surface area contributed by atoms with E-state index in [-0.39, 0.29) is 0 Å². The molecule has 4 nitrogen and oxygen atoms in total. The monoisotopic (exact) mass is 229 g/mol. The Morgan fingerprint density at radius 2 is 1.94 bits per heavy atom. The normalized spacial score (nSPS) is 11.9. The maximum Gasteiger partial charge on any atom is 0.190 e. The van der Waals surface area contributed by atoms with Gasteiger partial charge in [0, 0.05) is 33.9 Å². The van der Waals surface area contributed by atoms with Crippen molar-refractivity contribution in [1.82, 2.24) is 10.6 Å². The molecule has 0 spiro atoms. The van der Waals surface area contributed by atoms with Gasteiger partial charge in [0.2, 0.25) is 0 Å². The van der Waals surface area contributed by atoms with E-state index in [0.717, 1.165) is 38.0 Å². The average molecular weight is 229 g/mol. The third kappa shape index (κ3) is 7.51. The molecular weight excluding hydrogens is 202 g/mol. The molecule has 0 amide bonds. The SMILES string of the molecule is CCC(CC)CNC(=NC)NCCCOC. The van der Waals surface area contributed by atoms with Crippen LogP contribution in [-0.2, 0) is 4.74 Å². The van der Waals surface area contributed by atoms with Gasteiger partial charge in [0.05, 0.1) is 0 Å². The van der Waals surface area contributed by atoms with Gasteiger partial charge in [0.25, 0.3) is 0 Å². The molecule has 4 heteroatoms. The first-order valence-electron chi connectivity index (χ1n) is 6.21. The largest absolute Gasteiger partial charge is 0.385 e. The highest BCUT2D eigenvalue weighted by molar-refractivity contribution is 5.79. The van der Waals surface area contributed by atoms with Crippen molar-refractivity contribution in [1.29, 1.82) is 0 Å². The van der Waals surface area contributed by atoms with Crippen LogP contribution in [0.1, 0.15) is 33.1 Å². The van der Waals surface area contributed by atoms with Crippen LogP contribution in [0.2, 0.25) is 0 Å². The molecule has 0 aromatic rings. The first-order chi connectivity index (χ1) is 7.78. The van der Waals surface area contributed by atoms with Crippen molar-refractivity contribution >= 4 is 5.96 Å². The van der Waals surface area contributed by atoms with Gasteiger partial charge >= 0.3 is 0 Å². The highest BCUT2D eigenvalue weighted by Gasteiger charge is 2.04. The molecule has 16 heavy (non-hydrogen) atoms. The van der Waals surface area contributed by atoms with Crippen molar-refractivity contribution in [3.63, 3.8) is 0 Å². The van der Waals surface area contributed by atoms with Crippen LogP contribution < -0.4 is 10.6 Å². The summed E-state index contributed by atoms with van der Waals surface area (Å²) in [5, 5.41) is 6.61. The van der Waals surface area contributed by atoms with E-state index in [9.17, 15) is 0 Å². The van der Waals surface area contributed by atoms with Gasteiger partial charge in [-0.1, -0.05) is 26.7 Å². The van der Waals surface area contributed by atoms with Gasteiger partial charge in [-0.15, -0.1) is 0 Å². The van der Waals surface area contributed by atoms with E-state index >= 15 is 0 Å². The second kappa shape index (κ2) is 10.7. The summed E-state index contributed by atoms with van der Waals surface area (Å²) in [6.07, 6.45) is 3.43. The fraction of sp³-hybridized carbons (Fsp3) is 0.917. The summed E-state index contributed by atoms with van der Waals surface area (Å²) in [5.41, 5.74) is 0. The smallest absolute Gasteiger partial charge is 0.190 e. The van der Waals surface area contributed by atoms with Crippen molar-refractivity contribution in [2.75, 3.05) is 33.9 Å². The van der Waals surface area contributed by atoms with Gasteiger partial charge in [-0.05, 0) is 12.3 Å². The number of ether oxygens (including phenoxy) is 1. The summed E-state index contributed by atoms with van der Waals surface area (Å²) in [6.45, 7) is 7.14. The lowest BCUT2D eigenvalue weighted by Crippen LogP contribution is -2.40. The van der Waals surface area contributed by atoms with E-state index in [0.29, 0.717) is 0 Å². The number of rotatable bonds is 8. The molecule has 0 aromatic carbocycles. The van der Waals surface area contributed by atoms with Gasteiger partial charge < -0.3 is 15.4 Å². The summed E-state index contributed by atoms with van der Waals surface area (Å²) in [5.74, 6) is 1.63. The van der Waals surface area contributed by atoms with Crippen LogP contribution in [0.5, 0.6) is 0 Å². The van der Waals surface area contributed by atoms with Crippen LogP contribution in [0.3, 0.4) is 0 Å². The van der Waals surface area contributed by atoms with Crippen LogP contribution in [0.4, 0.5) is 0 Å². The second-order valence-electron chi connectivity index (χ2n) is 3.91. The fourth-order valence-corrected chi connectivity index (χ4v) is 1.46. The number of nitrogens with zero attached hydrogens (tertiary/aromatic N) is 1. The van der Waals surface area contributed by atoms with Crippen molar-refractivity contribution < 1.29 is 4.74 Å². The van der Waals surface area contributed by atoms with Crippen molar-refractivity contribution in [2.24, 2.45) is 10.9 Å². The Labute approximate surface area is 99.9 Å². The third-order valence-corrected chi connectivity index (χ3v) is 2.75. The highest BCUT2D eigenvalue weighted by Crippen LogP contribution is 2.04. The predicted octanol–water partition coefficient (Wildman–Crippen LogP) is 1.62. The molecule has 96 valence electrons. The summed E-state index contributed by atoms with van der Waals surface area (Å²) in [4.78, 5) is 4.18. The number of hydrogen-bond acceptors (Lipinski definition) is 2. The number of methoxy groups -OCH3 is 1. The quantitative estimate of drug-likeness (QED) is 0.378. The van der Waals surface area contributed by atoms with Crippen molar-refractivity contribution in [3.05, 3.63) is 0 Å². The summed E-state index contributed by atoms with van der Waals surface area (Å²) >= 11 is 0. The summed E-state index contributed by atoms with van der Waals surface area (Å²) in [7, 11) is 3.53. The van der Waals surface area contributed by atoms with Crippen LogP contribution in [0, 0.1) is 5.92 Å². The first-order valence-corrected chi connectivity index (χ1v) is 6.21. The van der Waals surface area contributed by atoms with Crippen LogP contribution in [0.25, 0.3) is 0 Å². The third-order valence-electron chi connectivity index (χ3n) is 2.75. The molecule has 0 aliphatic carbocycles. The molecule has 0 unspecified atom stereocenters. The Kier molecular flexibility index (Phi) is 10.2. The van der Waals surface area contributed by atoms with Crippen LogP contribution in [-0.4, -0.2) is 39.8 Å². The molecule has 0 heterocycles. The minimum Gasteiger partial charge on any atom is -0.385 e. The molecule has 0 aliphatic heterocycles. The van der Waals surface area contributed by atoms with Crippen LogP contribution in [0.15, 0.2) is 4.99 Å². The second-order valence-corrected chi connectivity index (χ2v) is 3.91. The van der Waals surface area contributed by atoms with E-state index < -0.39 is 0 Å². The maximum atomic E-state index is 4.99. The van der Waals surface area contributed by atoms with Crippen molar-refractivity contribution in [2.45, 2.75) is 33.1 Å². The molecule has 0 atom stereocenters. The Balaban J connectivity index is 3.67. The standard InChI is InChI=1S/C12H27N3O/c1-5-11(6-2)10-15-12(13-3)14-8-7-9-16-4/h11H,5-10H2,1-4H3,(H2,13,14,15). The predicted molar refractivity (Wildman–Crippen MR) is 69.9 cm³/mol. The molecule has 0 fully saturated rings. The van der Waals surface area contributed by atoms with E-state index in [1.165, 1.54) is 12.8 Å². The fourth-order valence-electron chi connectivity index (χ4n) is 1.46. The van der Waals surface area contributed by atoms with Gasteiger partial charge in [-0.25, -0.2) is 0 Å². The molecule has 0 saturated carbocycles. The van der Waals surface area contributed by atoms with Crippen LogP contribution >= 0.6 is 0 Å². The molecule has 0 bridgehead atoms. The summed E-state index contributed by atoms with van der Waals surface area (Å²) in [6, 6.07) is 0. The first kappa shape index (κ1) is 15.2. The van der Waals surface area contributed by atoms with E-state index in [4.69, 9.17) is 4.74 Å². The highest BCUT2D eigenvalue weighted by atomic mass is 16.5. The zero-order chi connectivity index (χ0) is 12.2. The molecular formula is C12H27N3O. The molecule has 0 aromatic heterocycles. The number of nitrogens with one attached hydrogen (secondary N) is 2. The maximum absolute atomic E-state index is 4.99. The zero-order valence-corrected chi connectivity index (χ0v) is 11.2. The number of hydrogen-bond donors (Lipinski definition) is 2. The van der Waals surface area contributed by atoms with E-state index in [1.807, 2.05) is 0 Å². The average Bonchev–Trinajstić information content (AvgIpc) is 2.33. The molecule has 0 aliphatic rings. The lowest BCUT2D eigenvalue weighted by atomic mass is 10.0. The minimum absolute atomic E-state index is 0.734. The van der Waals surface area contributed by atoms with Crippen molar-refractivity contribution in [3.8, 4) is 0 Å².